The third kappa shape index (κ3) is 6.12. The molecule has 0 heterocycles. The lowest BCUT2D eigenvalue weighted by Crippen LogP contribution is -2.41. The van der Waals surface area contributed by atoms with E-state index in [0.29, 0.717) is 22.6 Å². The minimum absolute atomic E-state index is 0.0833. The zero-order chi connectivity index (χ0) is 24.7. The number of aryl methyl sites for hydroxylation is 1. The number of rotatable bonds is 9. The molecule has 0 fully saturated rings. The summed E-state index contributed by atoms with van der Waals surface area (Å²) in [6.07, 6.45) is 3.74. The quantitative estimate of drug-likeness (QED) is 0.344. The molecular weight excluding hydrogens is 472 g/mol. The second-order valence-corrected chi connectivity index (χ2v) is 10.00. The van der Waals surface area contributed by atoms with Crippen LogP contribution >= 0.6 is 11.6 Å². The minimum Gasteiger partial charge on any atom is -0.350 e. The Morgan fingerprint density at radius 2 is 1.74 bits per heavy atom. The summed E-state index contributed by atoms with van der Waals surface area (Å²) in [5, 5.41) is 3.18. The number of nitrogens with zero attached hydrogens (tertiary/aromatic N) is 1. The fraction of sp³-hybridized carbons (Fsp3) is 0.154. The molecule has 0 saturated heterocycles. The molecule has 0 radical (unpaired) electrons. The van der Waals surface area contributed by atoms with Crippen LogP contribution in [0.1, 0.15) is 22.3 Å². The lowest BCUT2D eigenvalue weighted by Gasteiger charge is -2.26. The molecular formula is C26H25ClN2O4S. The normalized spacial score (nSPS) is 11.4. The second kappa shape index (κ2) is 11.1. The fourth-order valence-corrected chi connectivity index (χ4v) is 5.00. The molecule has 3 aromatic rings. The van der Waals surface area contributed by atoms with Gasteiger partial charge in [0.1, 0.15) is 12.8 Å². The monoisotopic (exact) mass is 496 g/mol. The summed E-state index contributed by atoms with van der Waals surface area (Å²) in [5.74, 6) is -0.469. The van der Waals surface area contributed by atoms with E-state index in [9.17, 15) is 18.0 Å². The van der Waals surface area contributed by atoms with Crippen LogP contribution in [0.15, 0.2) is 77.7 Å². The molecule has 0 aromatic heterocycles. The van der Waals surface area contributed by atoms with Gasteiger partial charge in [-0.2, -0.15) is 0 Å². The van der Waals surface area contributed by atoms with Crippen LogP contribution in [0.2, 0.25) is 5.02 Å². The first-order chi connectivity index (χ1) is 16.2. The summed E-state index contributed by atoms with van der Waals surface area (Å²) in [6.45, 7) is 3.37. The van der Waals surface area contributed by atoms with Gasteiger partial charge in [0.25, 0.3) is 10.0 Å². The summed E-state index contributed by atoms with van der Waals surface area (Å²) in [4.78, 5) is 23.5. The largest absolute Gasteiger partial charge is 0.350 e. The van der Waals surface area contributed by atoms with E-state index >= 15 is 0 Å². The molecule has 176 valence electrons. The number of aldehydes is 1. The van der Waals surface area contributed by atoms with Crippen LogP contribution in [-0.4, -0.2) is 27.2 Å². The standard InChI is InChI=1S/C26H25ClN2O4S/c1-19-11-13-23(14-12-19)34(32,33)29(25-10-4-9-24(27)20(25)2)18-26(31)28-17-22-7-3-6-21(16-22)8-5-15-30/h3-16H,17-18H2,1-2H3,(H,28,31)/b8-5+. The number of hydrogen-bond donors (Lipinski definition) is 1. The van der Waals surface area contributed by atoms with Gasteiger partial charge in [-0.25, -0.2) is 8.42 Å². The molecule has 0 spiro atoms. The highest BCUT2D eigenvalue weighted by atomic mass is 35.5. The smallest absolute Gasteiger partial charge is 0.264 e. The Hall–Kier alpha value is -3.42. The number of nitrogens with one attached hydrogen (secondary N) is 1. The molecule has 6 nitrogen and oxygen atoms in total. The predicted molar refractivity (Wildman–Crippen MR) is 135 cm³/mol. The Morgan fingerprint density at radius 1 is 1.03 bits per heavy atom. The molecule has 0 bridgehead atoms. The van der Waals surface area contributed by atoms with E-state index < -0.39 is 22.5 Å². The lowest BCUT2D eigenvalue weighted by atomic mass is 10.1. The van der Waals surface area contributed by atoms with Gasteiger partial charge >= 0.3 is 0 Å². The number of benzene rings is 3. The predicted octanol–water partition coefficient (Wildman–Crippen LogP) is 4.68. The van der Waals surface area contributed by atoms with Crippen molar-refractivity contribution < 1.29 is 18.0 Å². The van der Waals surface area contributed by atoms with Gasteiger partial charge in [0.2, 0.25) is 5.91 Å². The number of halogens is 1. The highest BCUT2D eigenvalue weighted by Gasteiger charge is 2.28. The second-order valence-electron chi connectivity index (χ2n) is 7.73. The summed E-state index contributed by atoms with van der Waals surface area (Å²) in [5.41, 5.74) is 3.45. The van der Waals surface area contributed by atoms with E-state index in [4.69, 9.17) is 11.6 Å². The van der Waals surface area contributed by atoms with E-state index in [-0.39, 0.29) is 11.4 Å². The molecule has 0 atom stereocenters. The molecule has 8 heteroatoms. The Morgan fingerprint density at radius 3 is 2.44 bits per heavy atom. The van der Waals surface area contributed by atoms with Gasteiger partial charge in [-0.1, -0.05) is 59.6 Å². The molecule has 0 aliphatic heterocycles. The van der Waals surface area contributed by atoms with Crippen molar-refractivity contribution in [3.05, 3.63) is 100 Å². The molecule has 34 heavy (non-hydrogen) atoms. The van der Waals surface area contributed by atoms with Gasteiger partial charge in [-0.15, -0.1) is 0 Å². The van der Waals surface area contributed by atoms with Crippen molar-refractivity contribution in [2.24, 2.45) is 0 Å². The maximum Gasteiger partial charge on any atom is 0.264 e. The van der Waals surface area contributed by atoms with Crippen LogP contribution in [0.5, 0.6) is 0 Å². The average molecular weight is 497 g/mol. The highest BCUT2D eigenvalue weighted by Crippen LogP contribution is 2.30. The van der Waals surface area contributed by atoms with Gasteiger partial charge in [-0.05, 0) is 66.9 Å². The molecule has 0 aliphatic carbocycles. The Bertz CT molecular complexity index is 1320. The number of hydrogen-bond acceptors (Lipinski definition) is 4. The van der Waals surface area contributed by atoms with E-state index in [1.807, 2.05) is 31.2 Å². The zero-order valence-electron chi connectivity index (χ0n) is 18.9. The molecule has 0 aliphatic rings. The first-order valence-corrected chi connectivity index (χ1v) is 12.4. The van der Waals surface area contributed by atoms with Crippen molar-refractivity contribution in [1.82, 2.24) is 5.32 Å². The fourth-order valence-electron chi connectivity index (χ4n) is 3.35. The zero-order valence-corrected chi connectivity index (χ0v) is 20.4. The van der Waals surface area contributed by atoms with Gasteiger partial charge in [-0.3, -0.25) is 13.9 Å². The molecule has 0 unspecified atom stereocenters. The summed E-state index contributed by atoms with van der Waals surface area (Å²) >= 11 is 6.25. The summed E-state index contributed by atoms with van der Waals surface area (Å²) in [7, 11) is -4.03. The molecule has 3 rings (SSSR count). The first-order valence-electron chi connectivity index (χ1n) is 10.5. The van der Waals surface area contributed by atoms with Gasteiger partial charge in [0.05, 0.1) is 10.6 Å². The van der Waals surface area contributed by atoms with Crippen LogP contribution in [0.3, 0.4) is 0 Å². The van der Waals surface area contributed by atoms with Gasteiger partial charge in [0.15, 0.2) is 0 Å². The number of amides is 1. The average Bonchev–Trinajstić information content (AvgIpc) is 2.82. The van der Waals surface area contributed by atoms with Crippen LogP contribution in [0.25, 0.3) is 6.08 Å². The lowest BCUT2D eigenvalue weighted by molar-refractivity contribution is -0.119. The maximum atomic E-state index is 13.5. The highest BCUT2D eigenvalue weighted by molar-refractivity contribution is 7.92. The van der Waals surface area contributed by atoms with Crippen molar-refractivity contribution in [2.75, 3.05) is 10.8 Å². The van der Waals surface area contributed by atoms with Crippen molar-refractivity contribution in [2.45, 2.75) is 25.3 Å². The Kier molecular flexibility index (Phi) is 8.26. The van der Waals surface area contributed by atoms with Crippen molar-refractivity contribution in [1.29, 1.82) is 0 Å². The topological polar surface area (TPSA) is 83.6 Å². The van der Waals surface area contributed by atoms with E-state index in [2.05, 4.69) is 5.32 Å². The number of carbonyl (C=O) groups excluding carboxylic acids is 2. The van der Waals surface area contributed by atoms with Crippen molar-refractivity contribution in [3.63, 3.8) is 0 Å². The number of anilines is 1. The maximum absolute atomic E-state index is 13.5. The van der Waals surface area contributed by atoms with Gasteiger partial charge < -0.3 is 5.32 Å². The van der Waals surface area contributed by atoms with Gasteiger partial charge in [0, 0.05) is 11.6 Å². The van der Waals surface area contributed by atoms with E-state index in [0.717, 1.165) is 21.0 Å². The number of sulfonamides is 1. The van der Waals surface area contributed by atoms with E-state index in [1.165, 1.54) is 18.2 Å². The molecule has 1 N–H and O–H groups in total. The number of carbonyl (C=O) groups is 2. The number of allylic oxidation sites excluding steroid dienone is 1. The third-order valence-corrected chi connectivity index (χ3v) is 7.40. The molecule has 3 aromatic carbocycles. The molecule has 0 saturated carbocycles. The van der Waals surface area contributed by atoms with Crippen LogP contribution in [0.4, 0.5) is 5.69 Å². The molecule has 1 amide bonds. The SMILES string of the molecule is Cc1ccc(S(=O)(=O)N(CC(=O)NCc2cccc(/C=C/C=O)c2)c2cccc(Cl)c2C)cc1. The third-order valence-electron chi connectivity index (χ3n) is 5.21. The van der Waals surface area contributed by atoms with Crippen molar-refractivity contribution >= 4 is 45.6 Å². The van der Waals surface area contributed by atoms with Crippen LogP contribution in [-0.2, 0) is 26.2 Å². The minimum atomic E-state index is -4.03. The van der Waals surface area contributed by atoms with E-state index in [1.54, 1.807) is 43.3 Å². The van der Waals surface area contributed by atoms with Crippen LogP contribution < -0.4 is 9.62 Å². The Balaban J connectivity index is 1.86. The summed E-state index contributed by atoms with van der Waals surface area (Å²) < 4.78 is 28.1. The summed E-state index contributed by atoms with van der Waals surface area (Å²) in [6, 6.07) is 18.7. The van der Waals surface area contributed by atoms with Crippen LogP contribution in [0, 0.1) is 13.8 Å². The first kappa shape index (κ1) is 25.2. The van der Waals surface area contributed by atoms with Crippen molar-refractivity contribution in [3.8, 4) is 0 Å². The Labute approximate surface area is 204 Å².